The lowest BCUT2D eigenvalue weighted by atomic mass is 9.91. The Morgan fingerprint density at radius 2 is 2.29 bits per heavy atom. The number of nitrogens with zero attached hydrogens (tertiary/aromatic N) is 2. The van der Waals surface area contributed by atoms with Gasteiger partial charge in [0, 0.05) is 18.8 Å². The van der Waals surface area contributed by atoms with Crippen molar-refractivity contribution in [3.63, 3.8) is 0 Å². The Morgan fingerprint density at radius 1 is 1.52 bits per heavy atom. The summed E-state index contributed by atoms with van der Waals surface area (Å²) >= 11 is 0. The van der Waals surface area contributed by atoms with Gasteiger partial charge < -0.3 is 14.7 Å². The monoisotopic (exact) mass is 292 g/mol. The third kappa shape index (κ3) is 3.32. The first-order chi connectivity index (χ1) is 10.0. The van der Waals surface area contributed by atoms with Crippen LogP contribution in [0.5, 0.6) is 0 Å². The summed E-state index contributed by atoms with van der Waals surface area (Å²) in [5.41, 5.74) is 0.431. The molecule has 0 aliphatic carbocycles. The number of hydrogen-bond acceptors (Lipinski definition) is 5. The number of piperidine rings is 1. The molecule has 6 heteroatoms. The predicted octanol–water partition coefficient (Wildman–Crippen LogP) is 1.95. The molecule has 1 aliphatic heterocycles. The first kappa shape index (κ1) is 15.3. The Bertz CT molecular complexity index is 532. The van der Waals surface area contributed by atoms with Crippen molar-refractivity contribution in [2.24, 2.45) is 5.92 Å². The van der Waals surface area contributed by atoms with E-state index >= 15 is 0 Å². The van der Waals surface area contributed by atoms with Crippen LogP contribution in [0.25, 0.3) is 0 Å². The van der Waals surface area contributed by atoms with E-state index < -0.39 is 11.9 Å². The van der Waals surface area contributed by atoms with Gasteiger partial charge in [0.15, 0.2) is 0 Å². The van der Waals surface area contributed by atoms with E-state index in [2.05, 4.69) is 4.98 Å². The van der Waals surface area contributed by atoms with Crippen molar-refractivity contribution in [2.45, 2.75) is 32.7 Å². The van der Waals surface area contributed by atoms with Crippen molar-refractivity contribution in [1.29, 1.82) is 0 Å². The van der Waals surface area contributed by atoms with Gasteiger partial charge in [-0.05, 0) is 38.8 Å². The second kappa shape index (κ2) is 6.56. The minimum absolute atomic E-state index is 0.0166. The molecule has 1 saturated heterocycles. The van der Waals surface area contributed by atoms with Crippen LogP contribution in [0, 0.1) is 5.92 Å². The van der Waals surface area contributed by atoms with E-state index in [9.17, 15) is 9.59 Å². The fourth-order valence-corrected chi connectivity index (χ4v) is 2.71. The number of hydrogen-bond donors (Lipinski definition) is 1. The van der Waals surface area contributed by atoms with Crippen molar-refractivity contribution >= 4 is 17.8 Å². The largest absolute Gasteiger partial charge is 0.481 e. The summed E-state index contributed by atoms with van der Waals surface area (Å²) in [4.78, 5) is 29.4. The number of esters is 1. The van der Waals surface area contributed by atoms with E-state index in [0.717, 1.165) is 0 Å². The number of carbonyl (C=O) groups is 2. The fourth-order valence-electron chi connectivity index (χ4n) is 2.71. The molecule has 2 unspecified atom stereocenters. The lowest BCUT2D eigenvalue weighted by Crippen LogP contribution is -2.43. The molecule has 6 nitrogen and oxygen atoms in total. The SMILES string of the molecule is CCOC(=O)c1cccnc1N1CCC(C(=O)O)CC1C. The summed E-state index contributed by atoms with van der Waals surface area (Å²) in [7, 11) is 0. The van der Waals surface area contributed by atoms with Gasteiger partial charge in [-0.2, -0.15) is 0 Å². The van der Waals surface area contributed by atoms with Gasteiger partial charge >= 0.3 is 11.9 Å². The van der Waals surface area contributed by atoms with Crippen LogP contribution in [0.4, 0.5) is 5.82 Å². The van der Waals surface area contributed by atoms with Crippen LogP contribution in [0.15, 0.2) is 18.3 Å². The highest BCUT2D eigenvalue weighted by molar-refractivity contribution is 5.94. The standard InChI is InChI=1S/C15H20N2O4/c1-3-21-15(20)12-5-4-7-16-13(12)17-8-6-11(14(18)19)9-10(17)2/h4-5,7,10-11H,3,6,8-9H2,1-2H3,(H,18,19). The number of carbonyl (C=O) groups excluding carboxylic acids is 1. The van der Waals surface area contributed by atoms with Crippen LogP contribution in [-0.4, -0.2) is 41.2 Å². The van der Waals surface area contributed by atoms with E-state index in [-0.39, 0.29) is 12.0 Å². The van der Waals surface area contributed by atoms with Crippen molar-refractivity contribution in [2.75, 3.05) is 18.1 Å². The molecule has 0 saturated carbocycles. The predicted molar refractivity (Wildman–Crippen MR) is 77.4 cm³/mol. The van der Waals surface area contributed by atoms with Crippen molar-refractivity contribution in [1.82, 2.24) is 4.98 Å². The summed E-state index contributed by atoms with van der Waals surface area (Å²) in [6.07, 6.45) is 2.74. The fraction of sp³-hybridized carbons (Fsp3) is 0.533. The molecule has 2 atom stereocenters. The van der Waals surface area contributed by atoms with Crippen LogP contribution in [0.3, 0.4) is 0 Å². The first-order valence-corrected chi connectivity index (χ1v) is 7.16. The average molecular weight is 292 g/mol. The number of rotatable bonds is 4. The molecule has 1 N–H and O–H groups in total. The topological polar surface area (TPSA) is 79.7 Å². The molecule has 1 aliphatic rings. The zero-order valence-corrected chi connectivity index (χ0v) is 12.3. The van der Waals surface area contributed by atoms with Crippen molar-refractivity contribution in [3.8, 4) is 0 Å². The third-order valence-corrected chi connectivity index (χ3v) is 3.78. The van der Waals surface area contributed by atoms with Gasteiger partial charge in [0.2, 0.25) is 0 Å². The number of carboxylic acids is 1. The van der Waals surface area contributed by atoms with Crippen molar-refractivity contribution < 1.29 is 19.4 Å². The molecular weight excluding hydrogens is 272 g/mol. The molecule has 2 heterocycles. The van der Waals surface area contributed by atoms with Gasteiger partial charge in [0.05, 0.1) is 12.5 Å². The number of anilines is 1. The van der Waals surface area contributed by atoms with Gasteiger partial charge in [-0.3, -0.25) is 4.79 Å². The van der Waals surface area contributed by atoms with Crippen LogP contribution in [0.2, 0.25) is 0 Å². The molecule has 0 aromatic carbocycles. The van der Waals surface area contributed by atoms with E-state index in [1.165, 1.54) is 0 Å². The van der Waals surface area contributed by atoms with Gasteiger partial charge in [0.25, 0.3) is 0 Å². The van der Waals surface area contributed by atoms with Gasteiger partial charge in [-0.1, -0.05) is 0 Å². The number of aromatic nitrogens is 1. The molecule has 21 heavy (non-hydrogen) atoms. The Hall–Kier alpha value is -2.11. The Kier molecular flexibility index (Phi) is 4.77. The highest BCUT2D eigenvalue weighted by atomic mass is 16.5. The molecule has 2 rings (SSSR count). The molecule has 1 aromatic rings. The minimum Gasteiger partial charge on any atom is -0.481 e. The molecule has 1 fully saturated rings. The highest BCUT2D eigenvalue weighted by Crippen LogP contribution is 2.29. The smallest absolute Gasteiger partial charge is 0.341 e. The maximum atomic E-state index is 12.0. The lowest BCUT2D eigenvalue weighted by Gasteiger charge is -2.37. The maximum Gasteiger partial charge on any atom is 0.341 e. The zero-order valence-electron chi connectivity index (χ0n) is 12.3. The molecule has 0 radical (unpaired) electrons. The Balaban J connectivity index is 2.23. The molecule has 114 valence electrons. The number of carboxylic acid groups (broad SMARTS) is 1. The molecule has 1 aromatic heterocycles. The molecule has 0 bridgehead atoms. The Labute approximate surface area is 123 Å². The lowest BCUT2D eigenvalue weighted by molar-refractivity contribution is -0.142. The van der Waals surface area contributed by atoms with E-state index in [4.69, 9.17) is 9.84 Å². The van der Waals surface area contributed by atoms with Crippen LogP contribution < -0.4 is 4.90 Å². The molecule has 0 spiro atoms. The quantitative estimate of drug-likeness (QED) is 0.854. The second-order valence-electron chi connectivity index (χ2n) is 5.20. The average Bonchev–Trinajstić information content (AvgIpc) is 2.47. The van der Waals surface area contributed by atoms with Crippen LogP contribution in [0.1, 0.15) is 37.0 Å². The molecule has 0 amide bonds. The number of pyridine rings is 1. The van der Waals surface area contributed by atoms with Crippen molar-refractivity contribution in [3.05, 3.63) is 23.9 Å². The summed E-state index contributed by atoms with van der Waals surface area (Å²) < 4.78 is 5.05. The van der Waals surface area contributed by atoms with E-state index in [1.807, 2.05) is 11.8 Å². The number of aliphatic carboxylic acids is 1. The summed E-state index contributed by atoms with van der Waals surface area (Å²) in [6, 6.07) is 3.41. The van der Waals surface area contributed by atoms with Gasteiger partial charge in [-0.25, -0.2) is 9.78 Å². The maximum absolute atomic E-state index is 12.0. The van der Waals surface area contributed by atoms with E-state index in [1.54, 1.807) is 25.3 Å². The molecular formula is C15H20N2O4. The normalized spacial score (nSPS) is 21.9. The van der Waals surface area contributed by atoms with Gasteiger partial charge in [0.1, 0.15) is 11.4 Å². The van der Waals surface area contributed by atoms with Crippen LogP contribution >= 0.6 is 0 Å². The summed E-state index contributed by atoms with van der Waals surface area (Å²) in [5.74, 6) is -0.903. The Morgan fingerprint density at radius 3 is 2.90 bits per heavy atom. The zero-order chi connectivity index (χ0) is 15.4. The summed E-state index contributed by atoms with van der Waals surface area (Å²) in [6.45, 7) is 4.60. The third-order valence-electron chi connectivity index (χ3n) is 3.78. The number of ether oxygens (including phenoxy) is 1. The minimum atomic E-state index is -0.756. The highest BCUT2D eigenvalue weighted by Gasteiger charge is 2.32. The van der Waals surface area contributed by atoms with Gasteiger partial charge in [-0.15, -0.1) is 0 Å². The summed E-state index contributed by atoms with van der Waals surface area (Å²) in [5, 5.41) is 9.12. The first-order valence-electron chi connectivity index (χ1n) is 7.16. The second-order valence-corrected chi connectivity index (χ2v) is 5.20. The van der Waals surface area contributed by atoms with E-state index in [0.29, 0.717) is 37.4 Å². The van der Waals surface area contributed by atoms with Crippen LogP contribution in [-0.2, 0) is 9.53 Å².